The van der Waals surface area contributed by atoms with Gasteiger partial charge in [0.05, 0.1) is 17.8 Å². The summed E-state index contributed by atoms with van der Waals surface area (Å²) in [5.74, 6) is -0.567. The molecule has 8 heteroatoms. The molecular formula is C28H26F3N5. The number of nitrogens with zero attached hydrogens (tertiary/aromatic N) is 3. The van der Waals surface area contributed by atoms with E-state index in [-0.39, 0.29) is 39.7 Å². The quantitative estimate of drug-likeness (QED) is 0.293. The average Bonchev–Trinajstić information content (AvgIpc) is 3.48. The fourth-order valence-electron chi connectivity index (χ4n) is 6.37. The predicted molar refractivity (Wildman–Crippen MR) is 134 cm³/mol. The monoisotopic (exact) mass is 489 g/mol. The summed E-state index contributed by atoms with van der Waals surface area (Å²) in [5.41, 5.74) is 1.35. The molecule has 3 aliphatic rings. The summed E-state index contributed by atoms with van der Waals surface area (Å²) in [6, 6.07) is 3.84. The zero-order valence-electron chi connectivity index (χ0n) is 20.1. The smallest absolute Gasteiger partial charge is 0.223 e. The van der Waals surface area contributed by atoms with Gasteiger partial charge in [0.25, 0.3) is 0 Å². The Labute approximate surface area is 207 Å². The third-order valence-electron chi connectivity index (χ3n) is 8.24. The summed E-state index contributed by atoms with van der Waals surface area (Å²) in [4.78, 5) is 11.1. The van der Waals surface area contributed by atoms with E-state index in [1.807, 2.05) is 7.05 Å². The van der Waals surface area contributed by atoms with Crippen molar-refractivity contribution in [2.75, 3.05) is 5.32 Å². The van der Waals surface area contributed by atoms with Crippen LogP contribution >= 0.6 is 0 Å². The average molecular weight is 490 g/mol. The third kappa shape index (κ3) is 3.48. The Morgan fingerprint density at radius 3 is 2.56 bits per heavy atom. The summed E-state index contributed by atoms with van der Waals surface area (Å²) < 4.78 is 46.6. The molecule has 0 unspecified atom stereocenters. The first-order chi connectivity index (χ1) is 17.4. The third-order valence-corrected chi connectivity index (χ3v) is 8.24. The van der Waals surface area contributed by atoms with E-state index in [0.717, 1.165) is 18.9 Å². The number of aromatic nitrogens is 3. The van der Waals surface area contributed by atoms with E-state index in [4.69, 9.17) is 6.57 Å². The van der Waals surface area contributed by atoms with Crippen LogP contribution in [-0.4, -0.2) is 20.6 Å². The maximum absolute atomic E-state index is 16.2. The fraction of sp³-hybridized carbons (Fsp3) is 0.357. The Bertz CT molecular complexity index is 1520. The van der Waals surface area contributed by atoms with E-state index >= 15 is 4.39 Å². The van der Waals surface area contributed by atoms with Gasteiger partial charge < -0.3 is 14.9 Å². The maximum Gasteiger partial charge on any atom is 0.223 e. The lowest BCUT2D eigenvalue weighted by atomic mass is 9.62. The number of anilines is 1. The van der Waals surface area contributed by atoms with Crippen molar-refractivity contribution in [2.24, 2.45) is 24.8 Å². The number of benzene rings is 1. The molecule has 0 spiro atoms. The molecule has 184 valence electrons. The molecule has 3 aliphatic carbocycles. The Balaban J connectivity index is 1.58. The number of hydrogen-bond acceptors (Lipinski definition) is 2. The van der Waals surface area contributed by atoms with Crippen LogP contribution in [-0.2, 0) is 7.05 Å². The second-order valence-corrected chi connectivity index (χ2v) is 10.2. The fourth-order valence-corrected chi connectivity index (χ4v) is 6.37. The molecule has 36 heavy (non-hydrogen) atoms. The first kappa shape index (κ1) is 22.7. The second-order valence-electron chi connectivity index (χ2n) is 10.2. The molecular weight excluding hydrogens is 463 g/mol. The van der Waals surface area contributed by atoms with Gasteiger partial charge in [0.2, 0.25) is 5.69 Å². The minimum atomic E-state index is -0.739. The number of pyridine rings is 1. The number of halogens is 3. The first-order valence-electron chi connectivity index (χ1n) is 12.3. The topological polar surface area (TPSA) is 50.0 Å². The van der Waals surface area contributed by atoms with Crippen molar-refractivity contribution >= 4 is 22.4 Å². The number of rotatable bonds is 4. The van der Waals surface area contributed by atoms with Crippen LogP contribution in [0.2, 0.25) is 0 Å². The SMILES string of the molecule is [C-]#[N+]c1c(-c2c[nH]c3c(F)cc(F)cc23)nc(N[C@@H]2C3CCC(CC3)[C@H]2C)c(F)c1-c1ccn(C)c1. The van der Waals surface area contributed by atoms with Gasteiger partial charge in [-0.25, -0.2) is 23.0 Å². The number of aromatic amines is 1. The number of nitrogens with one attached hydrogen (secondary N) is 2. The lowest BCUT2D eigenvalue weighted by Crippen LogP contribution is -2.47. The molecule has 3 aromatic heterocycles. The summed E-state index contributed by atoms with van der Waals surface area (Å²) in [5, 5.41) is 3.67. The Kier molecular flexibility index (Phi) is 5.32. The lowest BCUT2D eigenvalue weighted by Gasteiger charge is -2.47. The van der Waals surface area contributed by atoms with Crippen molar-refractivity contribution in [3.05, 3.63) is 65.7 Å². The molecule has 1 aromatic carbocycles. The Morgan fingerprint density at radius 2 is 1.89 bits per heavy atom. The van der Waals surface area contributed by atoms with E-state index in [0.29, 0.717) is 28.9 Å². The van der Waals surface area contributed by atoms with Gasteiger partial charge in [0.15, 0.2) is 11.6 Å². The molecule has 3 heterocycles. The highest BCUT2D eigenvalue weighted by Crippen LogP contribution is 2.48. The van der Waals surface area contributed by atoms with E-state index in [2.05, 4.69) is 27.1 Å². The molecule has 4 aromatic rings. The normalized spacial score (nSPS) is 23.2. The molecule has 0 amide bonds. The maximum atomic E-state index is 16.2. The van der Waals surface area contributed by atoms with Crippen molar-refractivity contribution in [1.82, 2.24) is 14.5 Å². The summed E-state index contributed by atoms with van der Waals surface area (Å²) in [7, 11) is 1.83. The zero-order valence-corrected chi connectivity index (χ0v) is 20.1. The molecule has 2 atom stereocenters. The van der Waals surface area contributed by atoms with Crippen LogP contribution in [0.3, 0.4) is 0 Å². The van der Waals surface area contributed by atoms with Gasteiger partial charge in [-0.05, 0) is 61.1 Å². The van der Waals surface area contributed by atoms with Crippen LogP contribution in [0, 0.1) is 41.8 Å². The van der Waals surface area contributed by atoms with E-state index < -0.39 is 17.5 Å². The molecule has 5 nitrogen and oxygen atoms in total. The van der Waals surface area contributed by atoms with Gasteiger partial charge in [-0.2, -0.15) is 0 Å². The predicted octanol–water partition coefficient (Wildman–Crippen LogP) is 7.44. The van der Waals surface area contributed by atoms with Crippen LogP contribution in [0.4, 0.5) is 24.7 Å². The van der Waals surface area contributed by atoms with E-state index in [9.17, 15) is 8.78 Å². The summed E-state index contributed by atoms with van der Waals surface area (Å²) >= 11 is 0. The molecule has 3 fully saturated rings. The van der Waals surface area contributed by atoms with Crippen molar-refractivity contribution < 1.29 is 13.2 Å². The van der Waals surface area contributed by atoms with Gasteiger partial charge >= 0.3 is 0 Å². The standard InChI is InChI=1S/C28H26F3N5/c1-14-15-4-6-16(7-5-15)24(14)34-28-23(31)22(17-8-9-36(3)13-17)27(32-2)26(35-28)20-12-33-25-19(20)10-18(29)11-21(25)30/h8-16,24,33H,4-7H2,1,3H3,(H,34,35)/t14-,15?,16?,24+/m1/s1. The van der Waals surface area contributed by atoms with Crippen LogP contribution in [0.15, 0.2) is 36.8 Å². The highest BCUT2D eigenvalue weighted by molar-refractivity contribution is 6.01. The second kappa shape index (κ2) is 8.44. The van der Waals surface area contributed by atoms with Gasteiger partial charge in [-0.15, -0.1) is 0 Å². The molecule has 0 aliphatic heterocycles. The van der Waals surface area contributed by atoms with Crippen LogP contribution < -0.4 is 5.32 Å². The Hall–Kier alpha value is -3.73. The molecule has 2 bridgehead atoms. The van der Waals surface area contributed by atoms with Gasteiger partial charge in [-0.1, -0.05) is 6.92 Å². The summed E-state index contributed by atoms with van der Waals surface area (Å²) in [6.07, 6.45) is 9.65. The number of fused-ring (bicyclic) bond motifs is 4. The van der Waals surface area contributed by atoms with E-state index in [1.54, 1.807) is 23.0 Å². The molecule has 2 N–H and O–H groups in total. The number of H-pyrrole nitrogens is 1. The lowest BCUT2D eigenvalue weighted by molar-refractivity contribution is 0.0926. The minimum Gasteiger partial charge on any atom is -0.364 e. The van der Waals surface area contributed by atoms with Crippen molar-refractivity contribution in [3.8, 4) is 22.4 Å². The van der Waals surface area contributed by atoms with Crippen LogP contribution in [0.5, 0.6) is 0 Å². The van der Waals surface area contributed by atoms with Gasteiger partial charge in [0, 0.05) is 54.3 Å². The van der Waals surface area contributed by atoms with Gasteiger partial charge in [0.1, 0.15) is 11.6 Å². The minimum absolute atomic E-state index is 0.00744. The molecule has 0 saturated heterocycles. The van der Waals surface area contributed by atoms with Crippen molar-refractivity contribution in [1.29, 1.82) is 0 Å². The number of aryl methyl sites for hydroxylation is 1. The molecule has 3 saturated carbocycles. The van der Waals surface area contributed by atoms with E-state index in [1.165, 1.54) is 25.1 Å². The largest absolute Gasteiger partial charge is 0.364 e. The zero-order chi connectivity index (χ0) is 25.1. The first-order valence-corrected chi connectivity index (χ1v) is 12.3. The van der Waals surface area contributed by atoms with Crippen molar-refractivity contribution in [3.63, 3.8) is 0 Å². The Morgan fingerprint density at radius 1 is 1.14 bits per heavy atom. The summed E-state index contributed by atoms with van der Waals surface area (Å²) in [6.45, 7) is 10.1. The van der Waals surface area contributed by atoms with Crippen LogP contribution in [0.25, 0.3) is 38.1 Å². The van der Waals surface area contributed by atoms with Crippen LogP contribution in [0.1, 0.15) is 32.6 Å². The van der Waals surface area contributed by atoms with Crippen molar-refractivity contribution in [2.45, 2.75) is 38.6 Å². The molecule has 0 radical (unpaired) electrons. The van der Waals surface area contributed by atoms with Gasteiger partial charge in [-0.3, -0.25) is 0 Å². The highest BCUT2D eigenvalue weighted by Gasteiger charge is 2.42. The highest BCUT2D eigenvalue weighted by atomic mass is 19.1. The molecule has 7 rings (SSSR count). The number of hydrogen-bond donors (Lipinski definition) is 2.